The third-order valence-corrected chi connectivity index (χ3v) is 26.0. The second kappa shape index (κ2) is 50.8. The number of nitrogens with zero attached hydrogens (tertiary/aromatic N) is 6. The number of guanidine groups is 1. The number of imidazole rings is 1. The number of aliphatic hydroxyl groups excluding tert-OH is 2. The van der Waals surface area contributed by atoms with E-state index in [1.165, 1.54) is 83.3 Å². The Balaban J connectivity index is 1.10. The summed E-state index contributed by atoms with van der Waals surface area (Å²) in [6, 6.07) is -2.39. The van der Waals surface area contributed by atoms with Crippen molar-refractivity contribution in [3.8, 4) is 5.75 Å². The van der Waals surface area contributed by atoms with Crippen LogP contribution in [-0.2, 0) is 112 Å². The average Bonchev–Trinajstić information content (AvgIpc) is 1.53. The van der Waals surface area contributed by atoms with E-state index >= 15 is 38.4 Å². The Morgan fingerprint density at radius 2 is 1.21 bits per heavy atom. The molecule has 0 saturated carbocycles. The highest BCUT2D eigenvalue weighted by atomic mass is 32.2. The van der Waals surface area contributed by atoms with Crippen LogP contribution in [0.2, 0.25) is 0 Å². The number of benzene rings is 3. The number of likely N-dealkylation sites (N-methyl/N-ethyl adjacent to an activating group) is 3. The number of para-hydroxylation sites is 1. The number of ether oxygens (including phenoxy) is 1. The molecule has 0 bridgehead atoms. The standard InChI is InChI=1S/C90H125N23O21S2/c1-9-10-21-70-89(133)110(6)68(28-31-134-8)82(126)101-59(20-15-29-96-90(93)94)78(122)108-67(77(121)98-41-74(92)118)45-135-46-75(119)100-63(33-50-24-26-54(115)27-25-50)85(129)109(5)49(4)76(120)104-65(38-73(91)117)87(131)112-30-16-22-69(112)83(127)103-61(36-53-40-95-47-99-53)80(124)105-62(32-48(2)3)88(132)113-42-55(116)37-71(113)84(128)102-60(34-51-39-97-58-19-13-11-17-56(51)58)79(123)107-66(43-114)81(125)106-64(86(130)111(70)7)35-52-44-136-72-23-14-12-18-57(52)72/h11-14,17-19,23-27,39-40,44,47-49,55,59-71,97,114-116H,9-10,15-16,20-22,28-38,41-43,45-46H2,1-8H3,(H2,91,117)(H2,92,118)(H,95,99)(H,98,121)(H,100,119)(H,101,126)(H,102,128)(H,103,127)(H,104,120)(H,105,124)(H,106,125)(H,107,123)(H,108,122)(H4,93,94,96)/t49-,55+,59-,60-,61-,62-,63-,64-,65-,66-,67-,68-,69-,70-,71+/m0/s1. The number of aromatic nitrogens is 3. The summed E-state index contributed by atoms with van der Waals surface area (Å²) in [6.45, 7) is 3.94. The molecule has 44 nitrogen and oxygen atoms in total. The van der Waals surface area contributed by atoms with E-state index in [4.69, 9.17) is 27.3 Å². The Bertz CT molecular complexity index is 5250. The first-order valence-corrected chi connectivity index (χ1v) is 47.0. The maximum atomic E-state index is 15.8. The quantitative estimate of drug-likeness (QED) is 0.0143. The number of carbonyl (C=O) groups is 17. The molecule has 0 spiro atoms. The van der Waals surface area contributed by atoms with Gasteiger partial charge < -0.3 is 130 Å². The molecular formula is C90H125N23O21S2. The lowest BCUT2D eigenvalue weighted by atomic mass is 10.00. The van der Waals surface area contributed by atoms with Gasteiger partial charge in [-0.1, -0.05) is 82.1 Å². The van der Waals surface area contributed by atoms with Crippen molar-refractivity contribution in [3.05, 3.63) is 119 Å². The molecule has 9 rings (SSSR count). The maximum Gasteiger partial charge on any atom is 0.246 e. The summed E-state index contributed by atoms with van der Waals surface area (Å²) in [5.74, 6) is -18.3. The Labute approximate surface area is 793 Å². The van der Waals surface area contributed by atoms with Crippen LogP contribution in [0.25, 0.3) is 21.0 Å². The van der Waals surface area contributed by atoms with Gasteiger partial charge in [0.25, 0.3) is 0 Å². The van der Waals surface area contributed by atoms with Crippen LogP contribution >= 0.6 is 23.1 Å². The fourth-order valence-electron chi connectivity index (χ4n) is 16.5. The van der Waals surface area contributed by atoms with Crippen molar-refractivity contribution in [2.45, 2.75) is 215 Å². The number of primary amides is 2. The van der Waals surface area contributed by atoms with Gasteiger partial charge in [0.2, 0.25) is 100 Å². The Kier molecular flexibility index (Phi) is 39.8. The number of fused-ring (bicyclic) bond motifs is 4. The van der Waals surface area contributed by atoms with Crippen molar-refractivity contribution in [2.24, 2.45) is 23.1 Å². The highest BCUT2D eigenvalue weighted by Crippen LogP contribution is 2.30. The van der Waals surface area contributed by atoms with Crippen LogP contribution in [0.15, 0.2) is 96.9 Å². The van der Waals surface area contributed by atoms with E-state index in [1.807, 2.05) is 19.1 Å². The second-order valence-electron chi connectivity index (χ2n) is 34.5. The number of amides is 17. The van der Waals surface area contributed by atoms with E-state index in [0.717, 1.165) is 41.0 Å². The summed E-state index contributed by atoms with van der Waals surface area (Å²) >= 11 is 2.09. The number of rotatable bonds is 26. The summed E-state index contributed by atoms with van der Waals surface area (Å²) < 4.78 is 6.26. The van der Waals surface area contributed by atoms with E-state index < -0.39 is 241 Å². The smallest absolute Gasteiger partial charge is 0.246 e. The molecule has 3 saturated heterocycles. The molecule has 136 heavy (non-hydrogen) atoms. The Morgan fingerprint density at radius 3 is 1.87 bits per heavy atom. The fourth-order valence-corrected chi connectivity index (χ4v) is 18.3. The number of hydrogen-bond donors (Lipinski definition) is 20. The van der Waals surface area contributed by atoms with Gasteiger partial charge in [0.15, 0.2) is 5.96 Å². The number of thioether (sulfide) groups is 1. The summed E-state index contributed by atoms with van der Waals surface area (Å²) in [4.78, 5) is 266. The lowest BCUT2D eigenvalue weighted by Gasteiger charge is -2.36. The van der Waals surface area contributed by atoms with Gasteiger partial charge in [0, 0.05) is 132 Å². The molecule has 6 aromatic rings. The zero-order valence-electron chi connectivity index (χ0n) is 77.2. The molecule has 3 aromatic carbocycles. The molecule has 3 aliphatic heterocycles. The van der Waals surface area contributed by atoms with Crippen LogP contribution in [-0.4, -0.2) is 331 Å². The number of unbranched alkanes of at least 4 members (excludes halogenated alkanes) is 1. The summed E-state index contributed by atoms with van der Waals surface area (Å²) in [6.07, 6.45) is 0.883. The highest BCUT2D eigenvalue weighted by Gasteiger charge is 2.47. The van der Waals surface area contributed by atoms with E-state index in [1.54, 1.807) is 61.8 Å². The number of aromatic amines is 2. The largest absolute Gasteiger partial charge is 0.508 e. The number of phenolic OH excluding ortho intramolecular Hbond substituents is 1. The molecule has 6 heterocycles. The second-order valence-corrected chi connectivity index (χ2v) is 36.5. The third-order valence-electron chi connectivity index (χ3n) is 24.0. The number of hydrogen-bond acceptors (Lipinski definition) is 25. The van der Waals surface area contributed by atoms with Crippen LogP contribution in [0.5, 0.6) is 5.75 Å². The van der Waals surface area contributed by atoms with Gasteiger partial charge >= 0.3 is 0 Å². The number of aliphatic hydroxyl groups is 2. The zero-order chi connectivity index (χ0) is 99.3. The minimum atomic E-state index is -1.90. The van der Waals surface area contributed by atoms with Crippen LogP contribution in [0, 0.1) is 11.3 Å². The molecule has 0 radical (unpaired) electrons. The lowest BCUT2D eigenvalue weighted by molar-refractivity contribution is -0.149. The van der Waals surface area contributed by atoms with Crippen molar-refractivity contribution in [1.82, 2.24) is 97.9 Å². The molecule has 15 atom stereocenters. The zero-order valence-corrected chi connectivity index (χ0v) is 78.8. The number of phenols is 1. The van der Waals surface area contributed by atoms with Gasteiger partial charge in [-0.05, 0) is 103 Å². The predicted molar refractivity (Wildman–Crippen MR) is 500 cm³/mol. The Hall–Kier alpha value is -13.3. The minimum absolute atomic E-state index is 0.0105. The first-order valence-electron chi connectivity index (χ1n) is 45.0. The maximum absolute atomic E-state index is 15.8. The number of nitrogens with one attached hydrogen (secondary N) is 14. The van der Waals surface area contributed by atoms with Gasteiger partial charge in [-0.2, -0.15) is 0 Å². The van der Waals surface area contributed by atoms with Gasteiger partial charge in [-0.25, -0.2) is 4.98 Å². The Morgan fingerprint density at radius 1 is 0.603 bits per heavy atom. The van der Waals surface area contributed by atoms with Crippen molar-refractivity contribution < 1.29 is 102 Å². The summed E-state index contributed by atoms with van der Waals surface area (Å²) in [5.41, 5.74) is 19.1. The van der Waals surface area contributed by atoms with Crippen molar-refractivity contribution >= 4 is 150 Å². The van der Waals surface area contributed by atoms with Crippen LogP contribution in [0.3, 0.4) is 0 Å². The molecule has 23 N–H and O–H groups in total. The van der Waals surface area contributed by atoms with Crippen molar-refractivity contribution in [2.75, 3.05) is 79.2 Å². The fraction of sp³-hybridized carbons (Fsp3) is 0.522. The molecule has 0 aliphatic carbocycles. The molecule has 3 aromatic heterocycles. The molecular weight excluding hydrogens is 1800 g/mol. The minimum Gasteiger partial charge on any atom is -0.508 e. The summed E-state index contributed by atoms with van der Waals surface area (Å²) in [5, 5.41) is 72.8. The van der Waals surface area contributed by atoms with Gasteiger partial charge in [-0.3, -0.25) is 86.9 Å². The molecule has 3 fully saturated rings. The van der Waals surface area contributed by atoms with Crippen molar-refractivity contribution in [1.29, 1.82) is 5.41 Å². The summed E-state index contributed by atoms with van der Waals surface area (Å²) in [7, 11) is 5.16. The first-order chi connectivity index (χ1) is 64.8. The number of thiophene rings is 1. The average molecular weight is 1930 g/mol. The predicted octanol–water partition coefficient (Wildman–Crippen LogP) is -3.35. The van der Waals surface area contributed by atoms with E-state index in [0.29, 0.717) is 51.5 Å². The molecule has 17 amide bonds. The number of aromatic hydroxyl groups is 1. The first kappa shape index (κ1) is 106. The SMILES string of the molecule is CCCC[C@H]1C(=O)N(C)[C@@H](CCOC)C(=O)N[C@@H](CCCNC(=N)N)C(=O)N[C@H](C(=O)NCC(N)=O)CSCC(=O)N[C@@H](Cc2ccc(O)cc2)C(=O)N(C)[C@@H](C)C(=O)N[C@@H](CC(N)=O)C(=O)N2CCC[C@H]2C(=O)N[C@@H](Cc2cnc[nH]2)C(=O)N[C@@H](CC(C)C)C(=O)N2C[C@H](O)C[C@@H]2C(=O)N[C@@H](Cc2c[nH]c3ccccc23)C(=O)N[C@@H](CO)C(=O)N[C@@H](Cc2csc3ccccc23)C(=O)N1C. The van der Waals surface area contributed by atoms with Crippen LogP contribution in [0.1, 0.15) is 121 Å². The lowest BCUT2D eigenvalue weighted by Crippen LogP contribution is -2.62. The third kappa shape index (κ3) is 29.6. The van der Waals surface area contributed by atoms with Crippen molar-refractivity contribution in [3.63, 3.8) is 0 Å². The van der Waals surface area contributed by atoms with E-state index in [-0.39, 0.29) is 102 Å². The molecule has 3 aliphatic rings. The van der Waals surface area contributed by atoms with E-state index in [9.17, 15) is 58.5 Å². The monoisotopic (exact) mass is 1930 g/mol. The molecule has 738 valence electrons. The topological polar surface area (TPSA) is 655 Å². The van der Waals surface area contributed by atoms with E-state index in [2.05, 4.69) is 73.4 Å². The van der Waals surface area contributed by atoms with Gasteiger partial charge in [-0.15, -0.1) is 23.1 Å². The number of methoxy groups -OCH3 is 1. The highest BCUT2D eigenvalue weighted by molar-refractivity contribution is 8.00. The number of nitrogens with two attached hydrogens (primary N) is 3. The van der Waals surface area contributed by atoms with Crippen LogP contribution in [0.4, 0.5) is 0 Å². The van der Waals surface area contributed by atoms with Crippen LogP contribution < -0.4 is 75.7 Å². The normalized spacial score (nSPS) is 24.7. The number of carbonyl (C=O) groups excluding carboxylic acids is 17. The van der Waals surface area contributed by atoms with Gasteiger partial charge in [0.05, 0.1) is 37.8 Å². The number of H-pyrrole nitrogens is 2. The molecule has 46 heteroatoms. The van der Waals surface area contributed by atoms with Gasteiger partial charge in [0.1, 0.15) is 90.3 Å². The molecule has 0 unspecified atom stereocenters.